The number of H-pyrrole nitrogens is 1. The molecule has 128 valence electrons. The van der Waals surface area contributed by atoms with Crippen LogP contribution in [-0.4, -0.2) is 54.9 Å². The van der Waals surface area contributed by atoms with Crippen LogP contribution in [0.25, 0.3) is 0 Å². The molecule has 0 aliphatic carbocycles. The van der Waals surface area contributed by atoms with E-state index in [4.69, 9.17) is 9.47 Å². The summed E-state index contributed by atoms with van der Waals surface area (Å²) in [6.45, 7) is 1.42. The number of aromatic nitrogens is 2. The highest BCUT2D eigenvalue weighted by Crippen LogP contribution is 2.32. The molecule has 7 nitrogen and oxygen atoms in total. The second-order valence-corrected chi connectivity index (χ2v) is 5.97. The van der Waals surface area contributed by atoms with Crippen molar-refractivity contribution in [3.63, 3.8) is 0 Å². The SMILES string of the molecule is COCc1cc(CN(C)C(=O)[C@@H]2CN(C)c3ccccc3O2)[nH]n1. The average molecular weight is 330 g/mol. The number of carbonyl (C=O) groups excluding carboxylic acids is 1. The molecule has 7 heteroatoms. The summed E-state index contributed by atoms with van der Waals surface area (Å²) < 4.78 is 10.9. The van der Waals surface area contributed by atoms with E-state index in [1.165, 1.54) is 0 Å². The van der Waals surface area contributed by atoms with Crippen LogP contribution in [0.15, 0.2) is 30.3 Å². The first-order valence-electron chi connectivity index (χ1n) is 7.82. The number of anilines is 1. The van der Waals surface area contributed by atoms with Gasteiger partial charge in [-0.25, -0.2) is 0 Å². The molecule has 0 saturated carbocycles. The Morgan fingerprint density at radius 1 is 1.50 bits per heavy atom. The van der Waals surface area contributed by atoms with E-state index in [0.29, 0.717) is 19.7 Å². The summed E-state index contributed by atoms with van der Waals surface area (Å²) in [5, 5.41) is 7.07. The number of nitrogens with zero attached hydrogens (tertiary/aromatic N) is 3. The number of hydrogen-bond donors (Lipinski definition) is 1. The number of benzene rings is 1. The summed E-state index contributed by atoms with van der Waals surface area (Å²) in [6.07, 6.45) is -0.517. The molecular formula is C17H22N4O3. The van der Waals surface area contributed by atoms with Gasteiger partial charge in [0.15, 0.2) is 6.10 Å². The van der Waals surface area contributed by atoms with Crippen molar-refractivity contribution in [3.05, 3.63) is 41.7 Å². The Morgan fingerprint density at radius 3 is 3.08 bits per heavy atom. The molecule has 2 heterocycles. The molecule has 1 aliphatic rings. The van der Waals surface area contributed by atoms with E-state index in [0.717, 1.165) is 22.8 Å². The number of hydrogen-bond acceptors (Lipinski definition) is 5. The van der Waals surface area contributed by atoms with Gasteiger partial charge in [-0.05, 0) is 18.2 Å². The molecule has 1 aromatic heterocycles. The standard InChI is InChI=1S/C17H22N4O3/c1-20-10-16(24-15-7-5-4-6-14(15)20)17(22)21(2)9-12-8-13(11-23-3)19-18-12/h4-8,16H,9-11H2,1-3H3,(H,18,19)/t16-/m0/s1. The third kappa shape index (κ3) is 3.35. The summed E-state index contributed by atoms with van der Waals surface area (Å²) in [4.78, 5) is 16.4. The van der Waals surface area contributed by atoms with Gasteiger partial charge in [0, 0.05) is 21.2 Å². The Kier molecular flexibility index (Phi) is 4.71. The largest absolute Gasteiger partial charge is 0.477 e. The smallest absolute Gasteiger partial charge is 0.265 e. The molecule has 1 atom stereocenters. The molecule has 0 saturated heterocycles. The fourth-order valence-corrected chi connectivity index (χ4v) is 2.83. The first kappa shape index (κ1) is 16.3. The van der Waals surface area contributed by atoms with E-state index >= 15 is 0 Å². The summed E-state index contributed by atoms with van der Waals surface area (Å²) in [5.74, 6) is 0.682. The third-order valence-electron chi connectivity index (χ3n) is 4.02. The van der Waals surface area contributed by atoms with Crippen LogP contribution in [0.4, 0.5) is 5.69 Å². The number of aromatic amines is 1. The van der Waals surface area contributed by atoms with Gasteiger partial charge in [-0.3, -0.25) is 9.89 Å². The second kappa shape index (κ2) is 6.92. The molecule has 1 aromatic carbocycles. The van der Waals surface area contributed by atoms with Crippen LogP contribution < -0.4 is 9.64 Å². The van der Waals surface area contributed by atoms with Crippen LogP contribution >= 0.6 is 0 Å². The van der Waals surface area contributed by atoms with Crippen molar-refractivity contribution in [2.75, 3.05) is 32.6 Å². The zero-order valence-corrected chi connectivity index (χ0v) is 14.2. The number of nitrogens with one attached hydrogen (secondary N) is 1. The maximum atomic E-state index is 12.7. The van der Waals surface area contributed by atoms with Gasteiger partial charge in [0.05, 0.1) is 36.8 Å². The number of likely N-dealkylation sites (N-methyl/N-ethyl adjacent to an activating group) is 2. The van der Waals surface area contributed by atoms with Gasteiger partial charge in [-0.2, -0.15) is 5.10 Å². The van der Waals surface area contributed by atoms with Crippen molar-refractivity contribution in [2.45, 2.75) is 19.3 Å². The van der Waals surface area contributed by atoms with E-state index in [2.05, 4.69) is 10.2 Å². The van der Waals surface area contributed by atoms with Crippen molar-refractivity contribution >= 4 is 11.6 Å². The molecular weight excluding hydrogens is 308 g/mol. The summed E-state index contributed by atoms with van der Waals surface area (Å²) in [5.41, 5.74) is 2.68. The highest BCUT2D eigenvalue weighted by Gasteiger charge is 2.31. The molecule has 0 bridgehead atoms. The lowest BCUT2D eigenvalue weighted by Gasteiger charge is -2.34. The molecule has 1 aliphatic heterocycles. The molecule has 1 N–H and O–H groups in total. The highest BCUT2D eigenvalue weighted by molar-refractivity contribution is 5.83. The minimum atomic E-state index is -0.517. The van der Waals surface area contributed by atoms with Crippen LogP contribution in [0.5, 0.6) is 5.75 Å². The summed E-state index contributed by atoms with van der Waals surface area (Å²) in [6, 6.07) is 9.64. The Hall–Kier alpha value is -2.54. The minimum Gasteiger partial charge on any atom is -0.477 e. The number of rotatable bonds is 5. The van der Waals surface area contributed by atoms with Crippen molar-refractivity contribution in [2.24, 2.45) is 0 Å². The van der Waals surface area contributed by atoms with Crippen LogP contribution in [0.2, 0.25) is 0 Å². The van der Waals surface area contributed by atoms with E-state index in [-0.39, 0.29) is 5.91 Å². The summed E-state index contributed by atoms with van der Waals surface area (Å²) in [7, 11) is 5.36. The maximum absolute atomic E-state index is 12.7. The lowest BCUT2D eigenvalue weighted by atomic mass is 10.2. The highest BCUT2D eigenvalue weighted by atomic mass is 16.5. The molecule has 24 heavy (non-hydrogen) atoms. The van der Waals surface area contributed by atoms with Gasteiger partial charge >= 0.3 is 0 Å². The quantitative estimate of drug-likeness (QED) is 0.898. The Bertz CT molecular complexity index is 715. The van der Waals surface area contributed by atoms with Gasteiger partial charge in [0.2, 0.25) is 0 Å². The zero-order valence-electron chi connectivity index (χ0n) is 14.2. The molecule has 0 fully saturated rings. The van der Waals surface area contributed by atoms with Gasteiger partial charge in [-0.15, -0.1) is 0 Å². The molecule has 2 aromatic rings. The van der Waals surface area contributed by atoms with Crippen LogP contribution in [-0.2, 0) is 22.7 Å². The predicted octanol–water partition coefficient (Wildman–Crippen LogP) is 1.41. The van der Waals surface area contributed by atoms with Crippen molar-refractivity contribution in [1.29, 1.82) is 0 Å². The van der Waals surface area contributed by atoms with Gasteiger partial charge in [0.1, 0.15) is 5.75 Å². The molecule has 3 rings (SSSR count). The lowest BCUT2D eigenvalue weighted by Crippen LogP contribution is -2.48. The first-order valence-corrected chi connectivity index (χ1v) is 7.82. The van der Waals surface area contributed by atoms with Crippen molar-refractivity contribution in [1.82, 2.24) is 15.1 Å². The van der Waals surface area contributed by atoms with Crippen LogP contribution in [0, 0.1) is 0 Å². The first-order chi connectivity index (χ1) is 11.6. The number of methoxy groups -OCH3 is 1. The Morgan fingerprint density at radius 2 is 2.29 bits per heavy atom. The fraction of sp³-hybridized carbons (Fsp3) is 0.412. The van der Waals surface area contributed by atoms with Gasteiger partial charge in [-0.1, -0.05) is 12.1 Å². The number of fused-ring (bicyclic) bond motifs is 1. The maximum Gasteiger partial charge on any atom is 0.265 e. The van der Waals surface area contributed by atoms with Crippen LogP contribution in [0.3, 0.4) is 0 Å². The Balaban J connectivity index is 1.65. The normalized spacial score (nSPS) is 16.5. The fourth-order valence-electron chi connectivity index (χ4n) is 2.83. The Labute approximate surface area is 141 Å². The van der Waals surface area contributed by atoms with Gasteiger partial charge < -0.3 is 19.3 Å². The average Bonchev–Trinajstić information content (AvgIpc) is 3.01. The minimum absolute atomic E-state index is 0.0563. The third-order valence-corrected chi connectivity index (χ3v) is 4.02. The molecule has 0 unspecified atom stereocenters. The molecule has 1 amide bonds. The van der Waals surface area contributed by atoms with E-state index in [9.17, 15) is 4.79 Å². The number of para-hydroxylation sites is 2. The van der Waals surface area contributed by atoms with Gasteiger partial charge in [0.25, 0.3) is 5.91 Å². The molecule has 0 spiro atoms. The predicted molar refractivity (Wildman–Crippen MR) is 89.9 cm³/mol. The number of carbonyl (C=O) groups is 1. The van der Waals surface area contributed by atoms with Crippen molar-refractivity contribution in [3.8, 4) is 5.75 Å². The number of ether oxygens (including phenoxy) is 2. The van der Waals surface area contributed by atoms with E-state index in [1.54, 1.807) is 19.1 Å². The lowest BCUT2D eigenvalue weighted by molar-refractivity contribution is -0.137. The van der Waals surface area contributed by atoms with E-state index in [1.807, 2.05) is 42.3 Å². The second-order valence-electron chi connectivity index (χ2n) is 5.97. The summed E-state index contributed by atoms with van der Waals surface area (Å²) >= 11 is 0. The van der Waals surface area contributed by atoms with E-state index < -0.39 is 6.10 Å². The monoisotopic (exact) mass is 330 g/mol. The van der Waals surface area contributed by atoms with Crippen LogP contribution in [0.1, 0.15) is 11.4 Å². The zero-order chi connectivity index (χ0) is 17.1. The molecule has 0 radical (unpaired) electrons. The number of amides is 1. The van der Waals surface area contributed by atoms with Crippen molar-refractivity contribution < 1.29 is 14.3 Å². The topological polar surface area (TPSA) is 70.7 Å².